The molecule has 0 bridgehead atoms. The number of amides is 1. The van der Waals surface area contributed by atoms with Gasteiger partial charge in [-0.25, -0.2) is 19.9 Å². The molecule has 9 heteroatoms. The predicted molar refractivity (Wildman–Crippen MR) is 138 cm³/mol. The molecule has 0 spiro atoms. The van der Waals surface area contributed by atoms with E-state index in [0.29, 0.717) is 11.6 Å². The van der Waals surface area contributed by atoms with E-state index >= 15 is 0 Å². The Morgan fingerprint density at radius 3 is 2.64 bits per heavy atom. The van der Waals surface area contributed by atoms with Gasteiger partial charge in [-0.1, -0.05) is 0 Å². The molecule has 0 radical (unpaired) electrons. The van der Waals surface area contributed by atoms with Crippen LogP contribution in [0.3, 0.4) is 0 Å². The molecule has 1 saturated carbocycles. The van der Waals surface area contributed by atoms with E-state index in [1.54, 1.807) is 19.3 Å². The highest BCUT2D eigenvalue weighted by atomic mass is 16.5. The Bertz CT molecular complexity index is 1240. The number of nitrogens with one attached hydrogen (secondary N) is 1. The van der Waals surface area contributed by atoms with Gasteiger partial charge in [-0.05, 0) is 57.6 Å². The van der Waals surface area contributed by atoms with Crippen molar-refractivity contribution < 1.29 is 14.3 Å². The molecule has 3 aromatic rings. The Balaban J connectivity index is 1.30. The number of morpholine rings is 1. The van der Waals surface area contributed by atoms with Crippen LogP contribution in [-0.4, -0.2) is 65.3 Å². The number of aryl methyl sites for hydroxylation is 2. The lowest BCUT2D eigenvalue weighted by atomic mass is 9.85. The molecule has 2 fully saturated rings. The van der Waals surface area contributed by atoms with Gasteiger partial charge in [0, 0.05) is 44.5 Å². The number of nitrogens with zero attached hydrogens (tertiary/aromatic N) is 5. The third-order valence-corrected chi connectivity index (χ3v) is 7.14. The lowest BCUT2D eigenvalue weighted by Gasteiger charge is -2.31. The van der Waals surface area contributed by atoms with Gasteiger partial charge in [-0.3, -0.25) is 4.79 Å². The minimum Gasteiger partial charge on any atom is -0.490 e. The molecule has 2 aromatic heterocycles. The number of benzene rings is 1. The minimum absolute atomic E-state index is 0.142. The molecule has 36 heavy (non-hydrogen) atoms. The highest BCUT2D eigenvalue weighted by Gasteiger charge is 2.25. The fourth-order valence-corrected chi connectivity index (χ4v) is 5.28. The Morgan fingerprint density at radius 2 is 1.89 bits per heavy atom. The van der Waals surface area contributed by atoms with E-state index in [1.165, 1.54) is 0 Å². The van der Waals surface area contributed by atoms with Crippen molar-refractivity contribution >= 4 is 22.5 Å². The summed E-state index contributed by atoms with van der Waals surface area (Å²) in [6.07, 6.45) is 6.59. The molecule has 2 aliphatic rings. The van der Waals surface area contributed by atoms with E-state index in [2.05, 4.69) is 37.3 Å². The molecular formula is C27H34N6O3. The Hall–Kier alpha value is -3.33. The zero-order valence-electron chi connectivity index (χ0n) is 21.3. The molecule has 1 aliphatic carbocycles. The molecule has 9 nitrogen and oxygen atoms in total. The van der Waals surface area contributed by atoms with Crippen LogP contribution in [0.1, 0.15) is 53.5 Å². The van der Waals surface area contributed by atoms with Crippen LogP contribution in [0, 0.1) is 19.8 Å². The fourth-order valence-electron chi connectivity index (χ4n) is 5.28. The first-order valence-electron chi connectivity index (χ1n) is 12.8. The van der Waals surface area contributed by atoms with Crippen molar-refractivity contribution in [1.82, 2.24) is 25.3 Å². The largest absolute Gasteiger partial charge is 0.490 e. The molecule has 0 atom stereocenters. The van der Waals surface area contributed by atoms with E-state index in [4.69, 9.17) is 14.5 Å². The number of anilines is 1. The molecule has 1 N–H and O–H groups in total. The van der Waals surface area contributed by atoms with Gasteiger partial charge in [0.25, 0.3) is 5.91 Å². The molecule has 1 aliphatic heterocycles. The second kappa shape index (κ2) is 10.7. The third kappa shape index (κ3) is 5.41. The van der Waals surface area contributed by atoms with Crippen LogP contribution in [-0.2, 0) is 11.2 Å². The SMILES string of the molecule is CNC(=O)c1ccnc(CC2CCC(Oc3cc(N4CCOCC4)cc4nc(C)nc(C)c34)CC2)n1. The summed E-state index contributed by atoms with van der Waals surface area (Å²) in [6.45, 7) is 7.15. The van der Waals surface area contributed by atoms with Crippen molar-refractivity contribution in [3.63, 3.8) is 0 Å². The lowest BCUT2D eigenvalue weighted by Crippen LogP contribution is -2.36. The maximum atomic E-state index is 11.9. The third-order valence-electron chi connectivity index (χ3n) is 7.14. The van der Waals surface area contributed by atoms with E-state index in [0.717, 1.165) is 98.1 Å². The first-order valence-corrected chi connectivity index (χ1v) is 12.8. The average molecular weight is 491 g/mol. The summed E-state index contributed by atoms with van der Waals surface area (Å²) >= 11 is 0. The predicted octanol–water partition coefficient (Wildman–Crippen LogP) is 3.41. The lowest BCUT2D eigenvalue weighted by molar-refractivity contribution is 0.0957. The monoisotopic (exact) mass is 490 g/mol. The summed E-state index contributed by atoms with van der Waals surface area (Å²) in [5.74, 6) is 2.67. The Morgan fingerprint density at radius 1 is 1.11 bits per heavy atom. The maximum absolute atomic E-state index is 11.9. The van der Waals surface area contributed by atoms with Gasteiger partial charge in [-0.15, -0.1) is 0 Å². The van der Waals surface area contributed by atoms with Crippen molar-refractivity contribution in [2.75, 3.05) is 38.3 Å². The zero-order valence-corrected chi connectivity index (χ0v) is 21.3. The van der Waals surface area contributed by atoms with Crippen LogP contribution in [0.2, 0.25) is 0 Å². The summed E-state index contributed by atoms with van der Waals surface area (Å²) in [4.78, 5) is 32.4. The summed E-state index contributed by atoms with van der Waals surface area (Å²) in [6, 6.07) is 5.96. The van der Waals surface area contributed by atoms with Crippen LogP contribution in [0.5, 0.6) is 5.75 Å². The molecule has 0 unspecified atom stereocenters. The van der Waals surface area contributed by atoms with Crippen LogP contribution in [0.25, 0.3) is 10.9 Å². The van der Waals surface area contributed by atoms with Gasteiger partial charge in [0.2, 0.25) is 0 Å². The van der Waals surface area contributed by atoms with Crippen LogP contribution in [0.15, 0.2) is 24.4 Å². The fraction of sp³-hybridized carbons (Fsp3) is 0.519. The molecule has 5 rings (SSSR count). The smallest absolute Gasteiger partial charge is 0.269 e. The second-order valence-corrected chi connectivity index (χ2v) is 9.70. The normalized spacial score (nSPS) is 20.4. The summed E-state index contributed by atoms with van der Waals surface area (Å²) in [5.41, 5.74) is 3.42. The highest BCUT2D eigenvalue weighted by Crippen LogP contribution is 2.36. The number of hydrogen-bond acceptors (Lipinski definition) is 8. The number of carbonyl (C=O) groups is 1. The number of carbonyl (C=O) groups excluding carboxylic acids is 1. The van der Waals surface area contributed by atoms with Gasteiger partial charge in [-0.2, -0.15) is 0 Å². The summed E-state index contributed by atoms with van der Waals surface area (Å²) in [5, 5.41) is 3.62. The summed E-state index contributed by atoms with van der Waals surface area (Å²) in [7, 11) is 1.61. The molecule has 1 amide bonds. The van der Waals surface area contributed by atoms with Crippen molar-refractivity contribution in [3.8, 4) is 5.75 Å². The van der Waals surface area contributed by atoms with Crippen molar-refractivity contribution in [1.29, 1.82) is 0 Å². The Kier molecular flexibility index (Phi) is 7.27. The molecule has 3 heterocycles. The minimum atomic E-state index is -0.184. The number of ether oxygens (including phenoxy) is 2. The zero-order chi connectivity index (χ0) is 25.1. The molecule has 1 saturated heterocycles. The van der Waals surface area contributed by atoms with Crippen LogP contribution < -0.4 is 15.0 Å². The first-order chi connectivity index (χ1) is 17.5. The van der Waals surface area contributed by atoms with Crippen molar-refractivity contribution in [3.05, 3.63) is 47.4 Å². The van der Waals surface area contributed by atoms with Crippen LogP contribution >= 0.6 is 0 Å². The first kappa shape index (κ1) is 24.4. The molecule has 1 aromatic carbocycles. The van der Waals surface area contributed by atoms with Gasteiger partial charge in [0.05, 0.1) is 35.9 Å². The number of hydrogen-bond donors (Lipinski definition) is 1. The summed E-state index contributed by atoms with van der Waals surface area (Å²) < 4.78 is 12.2. The molecule has 190 valence electrons. The highest BCUT2D eigenvalue weighted by molar-refractivity contribution is 5.92. The van der Waals surface area contributed by atoms with Gasteiger partial charge in [0.1, 0.15) is 23.1 Å². The van der Waals surface area contributed by atoms with E-state index in [9.17, 15) is 4.79 Å². The van der Waals surface area contributed by atoms with Crippen molar-refractivity contribution in [2.24, 2.45) is 5.92 Å². The average Bonchev–Trinajstić information content (AvgIpc) is 2.89. The van der Waals surface area contributed by atoms with Crippen LogP contribution in [0.4, 0.5) is 5.69 Å². The van der Waals surface area contributed by atoms with Gasteiger partial charge in [0.15, 0.2) is 0 Å². The van der Waals surface area contributed by atoms with Crippen molar-refractivity contribution in [2.45, 2.75) is 52.1 Å². The van der Waals surface area contributed by atoms with E-state index in [-0.39, 0.29) is 12.0 Å². The number of fused-ring (bicyclic) bond motifs is 1. The quantitative estimate of drug-likeness (QED) is 0.561. The number of rotatable bonds is 6. The second-order valence-electron chi connectivity index (χ2n) is 9.70. The van der Waals surface area contributed by atoms with Gasteiger partial charge < -0.3 is 19.7 Å². The van der Waals surface area contributed by atoms with Gasteiger partial charge >= 0.3 is 0 Å². The molecular weight excluding hydrogens is 456 g/mol. The standard InChI is InChI=1S/C27H34N6O3/c1-17-26-23(31-18(2)30-17)15-20(33-10-12-35-13-11-33)16-24(26)36-21-6-4-19(5-7-21)14-25-29-9-8-22(32-25)27(34)28-3/h8-9,15-16,19,21H,4-7,10-14H2,1-3H3,(H,28,34). The maximum Gasteiger partial charge on any atom is 0.269 e. The topological polar surface area (TPSA) is 102 Å². The Labute approximate surface area is 211 Å². The number of aromatic nitrogens is 4. The van der Waals surface area contributed by atoms with E-state index in [1.807, 2.05) is 13.8 Å². The van der Waals surface area contributed by atoms with E-state index < -0.39 is 0 Å².